The van der Waals surface area contributed by atoms with Gasteiger partial charge in [-0.05, 0) is 6.07 Å². The highest BCUT2D eigenvalue weighted by Gasteiger charge is 2.24. The molecule has 0 saturated carbocycles. The predicted molar refractivity (Wildman–Crippen MR) is 76.2 cm³/mol. The fourth-order valence-electron chi connectivity index (χ4n) is 2.38. The Morgan fingerprint density at radius 1 is 1.37 bits per heavy atom. The normalized spacial score (nSPS) is 17.6. The fraction of sp³-hybridized carbons (Fsp3) is 0.538. The fourth-order valence-corrected chi connectivity index (χ4v) is 2.38. The van der Waals surface area contributed by atoms with E-state index in [1.807, 2.05) is 12.1 Å². The molecule has 3 N–H and O–H groups in total. The topological polar surface area (TPSA) is 65.0 Å². The summed E-state index contributed by atoms with van der Waals surface area (Å²) in [4.78, 5) is 2.17. The lowest BCUT2D eigenvalue weighted by Gasteiger charge is -2.34. The van der Waals surface area contributed by atoms with Gasteiger partial charge in [0.1, 0.15) is 0 Å². The van der Waals surface area contributed by atoms with Crippen molar-refractivity contribution in [2.24, 2.45) is 0 Å². The lowest BCUT2D eigenvalue weighted by molar-refractivity contribution is 0.108. The Kier molecular flexibility index (Phi) is 6.37. The zero-order chi connectivity index (χ0) is 13.0. The molecule has 1 heterocycles. The summed E-state index contributed by atoms with van der Waals surface area (Å²) in [6.45, 7) is 3.52. The third-order valence-electron chi connectivity index (χ3n) is 3.37. The number of hydrogen-bond acceptors (Lipinski definition) is 5. The van der Waals surface area contributed by atoms with Crippen molar-refractivity contribution in [3.05, 3.63) is 23.8 Å². The Morgan fingerprint density at radius 3 is 2.63 bits per heavy atom. The molecule has 1 aliphatic rings. The molecule has 2 rings (SSSR count). The predicted octanol–water partition coefficient (Wildman–Crippen LogP) is 0.761. The van der Waals surface area contributed by atoms with Crippen molar-refractivity contribution in [3.8, 4) is 11.5 Å². The van der Waals surface area contributed by atoms with E-state index in [0.29, 0.717) is 5.75 Å². The van der Waals surface area contributed by atoms with Crippen LogP contribution in [0.25, 0.3) is 0 Å². The summed E-state index contributed by atoms with van der Waals surface area (Å²) < 4.78 is 5.11. The largest absolute Gasteiger partial charge is 0.504 e. The molecule has 1 aromatic carbocycles. The minimum atomic E-state index is -0.179. The molecule has 1 fully saturated rings. The summed E-state index contributed by atoms with van der Waals surface area (Å²) >= 11 is 0. The Bertz CT molecular complexity index is 397. The van der Waals surface area contributed by atoms with E-state index >= 15 is 0 Å². The number of aromatic hydroxyl groups is 1. The highest BCUT2D eigenvalue weighted by atomic mass is 35.5. The van der Waals surface area contributed by atoms with Crippen molar-refractivity contribution in [2.45, 2.75) is 6.04 Å². The van der Waals surface area contributed by atoms with Crippen molar-refractivity contribution in [1.82, 2.24) is 10.2 Å². The highest BCUT2D eigenvalue weighted by molar-refractivity contribution is 5.85. The first-order valence-corrected chi connectivity index (χ1v) is 6.19. The molecule has 0 amide bonds. The molecule has 1 aliphatic heterocycles. The molecular weight excluding hydrogens is 268 g/mol. The summed E-state index contributed by atoms with van der Waals surface area (Å²) in [6.07, 6.45) is 0. The maximum absolute atomic E-state index is 10.1. The number of ether oxygens (including phenoxy) is 1. The van der Waals surface area contributed by atoms with Gasteiger partial charge in [-0.15, -0.1) is 12.4 Å². The van der Waals surface area contributed by atoms with Crippen molar-refractivity contribution >= 4 is 12.4 Å². The molecule has 0 radical (unpaired) electrons. The molecule has 1 atom stereocenters. The summed E-state index contributed by atoms with van der Waals surface area (Å²) in [6, 6.07) is 5.20. The number of phenolic OH excluding ortho intramolecular Hbond substituents is 1. The minimum Gasteiger partial charge on any atom is -0.504 e. The number of phenols is 1. The van der Waals surface area contributed by atoms with Crippen LogP contribution < -0.4 is 10.1 Å². The molecule has 0 aromatic heterocycles. The Hall–Kier alpha value is -1.01. The second-order valence-electron chi connectivity index (χ2n) is 4.38. The SMILES string of the molecule is COc1cccc([C@@H](CO)N2CCNCC2)c1O.Cl. The number of rotatable bonds is 4. The molecule has 108 valence electrons. The second-order valence-corrected chi connectivity index (χ2v) is 4.38. The van der Waals surface area contributed by atoms with E-state index < -0.39 is 0 Å². The van der Waals surface area contributed by atoms with E-state index in [9.17, 15) is 10.2 Å². The number of hydrogen-bond donors (Lipinski definition) is 3. The number of benzene rings is 1. The number of nitrogens with one attached hydrogen (secondary N) is 1. The van der Waals surface area contributed by atoms with Crippen LogP contribution in [0.1, 0.15) is 11.6 Å². The third-order valence-corrected chi connectivity index (χ3v) is 3.37. The van der Waals surface area contributed by atoms with Crippen molar-refractivity contribution in [1.29, 1.82) is 0 Å². The standard InChI is InChI=1S/C13H20N2O3.ClH/c1-18-12-4-2-3-10(13(12)17)11(9-16)15-7-5-14-6-8-15;/h2-4,11,14,16-17H,5-9H2,1H3;1H/t11-;/m1./s1. The quantitative estimate of drug-likeness (QED) is 0.763. The van der Waals surface area contributed by atoms with Crippen LogP contribution in [-0.4, -0.2) is 55.0 Å². The van der Waals surface area contributed by atoms with E-state index in [1.54, 1.807) is 6.07 Å². The monoisotopic (exact) mass is 288 g/mol. The van der Waals surface area contributed by atoms with Gasteiger partial charge in [-0.1, -0.05) is 12.1 Å². The molecular formula is C13H21ClN2O3. The van der Waals surface area contributed by atoms with Crippen LogP contribution in [-0.2, 0) is 0 Å². The average Bonchev–Trinajstić information content (AvgIpc) is 2.43. The van der Waals surface area contributed by atoms with Crippen LogP contribution in [0.2, 0.25) is 0 Å². The van der Waals surface area contributed by atoms with Gasteiger partial charge in [-0.2, -0.15) is 0 Å². The Morgan fingerprint density at radius 2 is 2.05 bits per heavy atom. The van der Waals surface area contributed by atoms with Gasteiger partial charge in [0, 0.05) is 31.7 Å². The number of aliphatic hydroxyl groups excluding tert-OH is 1. The van der Waals surface area contributed by atoms with Gasteiger partial charge < -0.3 is 20.3 Å². The van der Waals surface area contributed by atoms with Gasteiger partial charge in [0.15, 0.2) is 11.5 Å². The molecule has 0 bridgehead atoms. The second kappa shape index (κ2) is 7.55. The molecule has 0 spiro atoms. The van der Waals surface area contributed by atoms with Gasteiger partial charge in [-0.3, -0.25) is 4.90 Å². The van der Waals surface area contributed by atoms with E-state index in [0.717, 1.165) is 31.7 Å². The van der Waals surface area contributed by atoms with Gasteiger partial charge in [0.2, 0.25) is 0 Å². The lowest BCUT2D eigenvalue weighted by Crippen LogP contribution is -2.46. The molecule has 6 heteroatoms. The zero-order valence-electron chi connectivity index (χ0n) is 11.0. The lowest BCUT2D eigenvalue weighted by atomic mass is 10.0. The Labute approximate surface area is 119 Å². The van der Waals surface area contributed by atoms with Crippen LogP contribution >= 0.6 is 12.4 Å². The maximum Gasteiger partial charge on any atom is 0.162 e. The molecule has 19 heavy (non-hydrogen) atoms. The van der Waals surface area contributed by atoms with E-state index in [1.165, 1.54) is 7.11 Å². The van der Waals surface area contributed by atoms with Crippen molar-refractivity contribution in [2.75, 3.05) is 39.9 Å². The van der Waals surface area contributed by atoms with E-state index in [2.05, 4.69) is 10.2 Å². The zero-order valence-corrected chi connectivity index (χ0v) is 11.8. The number of halogens is 1. The first-order valence-electron chi connectivity index (χ1n) is 6.19. The van der Waals surface area contributed by atoms with Gasteiger partial charge in [-0.25, -0.2) is 0 Å². The summed E-state index contributed by atoms with van der Waals surface area (Å²) in [5.41, 5.74) is 0.721. The first-order chi connectivity index (χ1) is 8.77. The summed E-state index contributed by atoms with van der Waals surface area (Å²) in [5, 5.41) is 23.0. The van der Waals surface area contributed by atoms with E-state index in [-0.39, 0.29) is 30.8 Å². The van der Waals surface area contributed by atoms with Crippen molar-refractivity contribution < 1.29 is 14.9 Å². The third kappa shape index (κ3) is 3.51. The Balaban J connectivity index is 0.00000180. The average molecular weight is 289 g/mol. The minimum absolute atomic E-state index is 0. The smallest absolute Gasteiger partial charge is 0.162 e. The number of para-hydroxylation sites is 1. The number of nitrogens with zero attached hydrogens (tertiary/aromatic N) is 1. The highest BCUT2D eigenvalue weighted by Crippen LogP contribution is 2.35. The molecule has 1 saturated heterocycles. The van der Waals surface area contributed by atoms with Gasteiger partial charge in [0.25, 0.3) is 0 Å². The maximum atomic E-state index is 10.1. The van der Waals surface area contributed by atoms with Crippen LogP contribution in [0, 0.1) is 0 Å². The van der Waals surface area contributed by atoms with Gasteiger partial charge in [0.05, 0.1) is 19.8 Å². The number of methoxy groups -OCH3 is 1. The van der Waals surface area contributed by atoms with Crippen LogP contribution in [0.5, 0.6) is 11.5 Å². The molecule has 1 aromatic rings. The molecule has 5 nitrogen and oxygen atoms in total. The van der Waals surface area contributed by atoms with Crippen LogP contribution in [0.4, 0.5) is 0 Å². The van der Waals surface area contributed by atoms with E-state index in [4.69, 9.17) is 4.74 Å². The number of piperazine rings is 1. The number of aliphatic hydroxyl groups is 1. The van der Waals surface area contributed by atoms with Crippen LogP contribution in [0.15, 0.2) is 18.2 Å². The summed E-state index contributed by atoms with van der Waals surface area (Å²) in [5.74, 6) is 0.568. The summed E-state index contributed by atoms with van der Waals surface area (Å²) in [7, 11) is 1.53. The van der Waals surface area contributed by atoms with Crippen molar-refractivity contribution in [3.63, 3.8) is 0 Å². The van der Waals surface area contributed by atoms with Gasteiger partial charge >= 0.3 is 0 Å². The van der Waals surface area contributed by atoms with Crippen LogP contribution in [0.3, 0.4) is 0 Å². The first kappa shape index (κ1) is 16.0. The molecule has 0 aliphatic carbocycles. The molecule has 0 unspecified atom stereocenters.